The summed E-state index contributed by atoms with van der Waals surface area (Å²) in [5, 5.41) is 10.7. The Morgan fingerprint density at radius 2 is 1.86 bits per heavy atom. The Balaban J connectivity index is 1.20. The lowest BCUT2D eigenvalue weighted by Gasteiger charge is -2.30. The van der Waals surface area contributed by atoms with Gasteiger partial charge in [-0.1, -0.05) is 42.1 Å². The number of piperidine rings is 1. The average Bonchev–Trinajstić information content (AvgIpc) is 3.37. The van der Waals surface area contributed by atoms with E-state index in [1.165, 1.54) is 16.1 Å². The smallest absolute Gasteiger partial charge is 0.243 e. The molecule has 2 aromatic carbocycles. The van der Waals surface area contributed by atoms with Crippen molar-refractivity contribution in [1.82, 2.24) is 24.8 Å². The molecule has 0 atom stereocenters. The lowest BCUT2D eigenvalue weighted by atomic mass is 9.97. The van der Waals surface area contributed by atoms with Crippen molar-refractivity contribution in [1.29, 1.82) is 0 Å². The van der Waals surface area contributed by atoms with Crippen LogP contribution in [0.5, 0.6) is 5.75 Å². The first-order chi connectivity index (χ1) is 17.0. The zero-order chi connectivity index (χ0) is 24.7. The molecular formula is C24H29N5O4S2. The molecule has 1 aliphatic heterocycles. The molecule has 3 aromatic rings. The number of amides is 1. The standard InChI is InChI=1S/C24H29N5O4S2/c1-2-33-20-8-10-21(11-9-20)35(31,32)29-15-12-19(13-16-29)23(30)25-14-17-34-24-26-22(27-28-24)18-6-4-3-5-7-18/h3-11,19H,2,12-17H2,1H3,(H,25,30)(H,26,27,28). The second-order valence-corrected chi connectivity index (χ2v) is 11.1. The molecule has 2 N–H and O–H groups in total. The molecule has 1 amide bonds. The van der Waals surface area contributed by atoms with Crippen LogP contribution >= 0.6 is 11.8 Å². The number of aromatic nitrogens is 3. The van der Waals surface area contributed by atoms with Crippen LogP contribution < -0.4 is 10.1 Å². The number of thioether (sulfide) groups is 1. The van der Waals surface area contributed by atoms with Gasteiger partial charge in [0, 0.05) is 36.9 Å². The van der Waals surface area contributed by atoms with Crippen LogP contribution in [-0.2, 0) is 14.8 Å². The first-order valence-electron chi connectivity index (χ1n) is 11.6. The number of H-pyrrole nitrogens is 1. The molecule has 186 valence electrons. The molecule has 35 heavy (non-hydrogen) atoms. The number of rotatable bonds is 10. The summed E-state index contributed by atoms with van der Waals surface area (Å²) in [6, 6.07) is 16.2. The third kappa shape index (κ3) is 6.41. The number of nitrogens with zero attached hydrogens (tertiary/aromatic N) is 3. The number of benzene rings is 2. The zero-order valence-corrected chi connectivity index (χ0v) is 21.1. The predicted molar refractivity (Wildman–Crippen MR) is 135 cm³/mol. The number of nitrogens with one attached hydrogen (secondary N) is 2. The van der Waals surface area contributed by atoms with Gasteiger partial charge in [-0.05, 0) is 44.0 Å². The van der Waals surface area contributed by atoms with Crippen LogP contribution in [0.25, 0.3) is 11.4 Å². The van der Waals surface area contributed by atoms with Gasteiger partial charge in [0.15, 0.2) is 5.82 Å². The first kappa shape index (κ1) is 25.2. The summed E-state index contributed by atoms with van der Waals surface area (Å²) in [6.45, 7) is 3.53. The molecule has 11 heteroatoms. The highest BCUT2D eigenvalue weighted by molar-refractivity contribution is 7.99. The summed E-state index contributed by atoms with van der Waals surface area (Å²) < 4.78 is 32.7. The minimum absolute atomic E-state index is 0.0383. The van der Waals surface area contributed by atoms with Gasteiger partial charge in [-0.15, -0.1) is 5.10 Å². The van der Waals surface area contributed by atoms with E-state index in [9.17, 15) is 13.2 Å². The second kappa shape index (κ2) is 11.7. The van der Waals surface area contributed by atoms with Gasteiger partial charge in [0.1, 0.15) is 5.75 Å². The Bertz CT molecular complexity index is 1210. The van der Waals surface area contributed by atoms with E-state index >= 15 is 0 Å². The Hall–Kier alpha value is -2.89. The number of ether oxygens (including phenoxy) is 1. The van der Waals surface area contributed by atoms with Crippen molar-refractivity contribution >= 4 is 27.7 Å². The van der Waals surface area contributed by atoms with Gasteiger partial charge in [0.2, 0.25) is 21.1 Å². The van der Waals surface area contributed by atoms with Crippen molar-refractivity contribution in [2.75, 3.05) is 32.0 Å². The number of carbonyl (C=O) groups excluding carboxylic acids is 1. The number of hydrogen-bond donors (Lipinski definition) is 2. The first-order valence-corrected chi connectivity index (χ1v) is 14.0. The van der Waals surface area contributed by atoms with E-state index in [1.807, 2.05) is 37.3 Å². The van der Waals surface area contributed by atoms with E-state index in [0.717, 1.165) is 5.56 Å². The van der Waals surface area contributed by atoms with Crippen LogP contribution in [0.4, 0.5) is 0 Å². The van der Waals surface area contributed by atoms with E-state index < -0.39 is 10.0 Å². The second-order valence-electron chi connectivity index (χ2n) is 8.05. The van der Waals surface area contributed by atoms with Gasteiger partial charge >= 0.3 is 0 Å². The molecule has 0 unspecified atom stereocenters. The summed E-state index contributed by atoms with van der Waals surface area (Å²) in [5.41, 5.74) is 0.969. The minimum Gasteiger partial charge on any atom is -0.494 e. The third-order valence-corrected chi connectivity index (χ3v) is 8.50. The van der Waals surface area contributed by atoms with Gasteiger partial charge in [-0.25, -0.2) is 13.4 Å². The summed E-state index contributed by atoms with van der Waals surface area (Å²) in [5.74, 6) is 1.76. The largest absolute Gasteiger partial charge is 0.494 e. The number of carbonyl (C=O) groups is 1. The Morgan fingerprint density at radius 1 is 1.14 bits per heavy atom. The monoisotopic (exact) mass is 515 g/mol. The van der Waals surface area contributed by atoms with Crippen LogP contribution in [0.15, 0.2) is 64.6 Å². The van der Waals surface area contributed by atoms with Gasteiger partial charge in [0.25, 0.3) is 0 Å². The fourth-order valence-corrected chi connectivity index (χ4v) is 6.00. The van der Waals surface area contributed by atoms with Crippen molar-refractivity contribution in [3.05, 3.63) is 54.6 Å². The van der Waals surface area contributed by atoms with Crippen LogP contribution in [0.1, 0.15) is 19.8 Å². The highest BCUT2D eigenvalue weighted by atomic mass is 32.2. The van der Waals surface area contributed by atoms with Crippen molar-refractivity contribution < 1.29 is 17.9 Å². The van der Waals surface area contributed by atoms with E-state index in [-0.39, 0.29) is 16.7 Å². The molecule has 0 spiro atoms. The maximum absolute atomic E-state index is 12.9. The fourth-order valence-electron chi connectivity index (χ4n) is 3.88. The van der Waals surface area contributed by atoms with Crippen LogP contribution in [-0.4, -0.2) is 65.8 Å². The molecule has 4 rings (SSSR count). The summed E-state index contributed by atoms with van der Waals surface area (Å²) in [4.78, 5) is 17.3. The highest BCUT2D eigenvalue weighted by Crippen LogP contribution is 2.25. The molecule has 0 radical (unpaired) electrons. The molecule has 1 saturated heterocycles. The molecule has 1 aliphatic rings. The topological polar surface area (TPSA) is 117 Å². The normalized spacial score (nSPS) is 15.1. The molecule has 0 aliphatic carbocycles. The molecule has 2 heterocycles. The van der Waals surface area contributed by atoms with Gasteiger partial charge in [0.05, 0.1) is 11.5 Å². The molecule has 0 saturated carbocycles. The zero-order valence-electron chi connectivity index (χ0n) is 19.5. The van der Waals surface area contributed by atoms with Crippen LogP contribution in [0.3, 0.4) is 0 Å². The van der Waals surface area contributed by atoms with Crippen molar-refractivity contribution in [2.45, 2.75) is 29.8 Å². The van der Waals surface area contributed by atoms with E-state index in [2.05, 4.69) is 20.5 Å². The number of aromatic amines is 1. The quantitative estimate of drug-likeness (QED) is 0.315. The molecule has 1 aromatic heterocycles. The van der Waals surface area contributed by atoms with E-state index in [0.29, 0.717) is 61.6 Å². The van der Waals surface area contributed by atoms with E-state index in [1.54, 1.807) is 24.3 Å². The molecular weight excluding hydrogens is 486 g/mol. The Morgan fingerprint density at radius 3 is 2.54 bits per heavy atom. The van der Waals surface area contributed by atoms with Crippen LogP contribution in [0.2, 0.25) is 0 Å². The average molecular weight is 516 g/mol. The predicted octanol–water partition coefficient (Wildman–Crippen LogP) is 3.18. The minimum atomic E-state index is -3.59. The Labute approximate surface area is 209 Å². The lowest BCUT2D eigenvalue weighted by molar-refractivity contribution is -0.125. The van der Waals surface area contributed by atoms with Gasteiger partial charge < -0.3 is 10.1 Å². The summed E-state index contributed by atoms with van der Waals surface area (Å²) >= 11 is 1.47. The maximum Gasteiger partial charge on any atom is 0.243 e. The molecule has 9 nitrogen and oxygen atoms in total. The highest BCUT2D eigenvalue weighted by Gasteiger charge is 2.32. The van der Waals surface area contributed by atoms with Gasteiger partial charge in [-0.3, -0.25) is 9.89 Å². The Kier molecular flexibility index (Phi) is 8.42. The van der Waals surface area contributed by atoms with Gasteiger partial charge in [-0.2, -0.15) is 4.31 Å². The SMILES string of the molecule is CCOc1ccc(S(=O)(=O)N2CCC(C(=O)NCCSc3n[nH]c(-c4ccccc4)n3)CC2)cc1. The maximum atomic E-state index is 12.9. The van der Waals surface area contributed by atoms with E-state index in [4.69, 9.17) is 4.74 Å². The van der Waals surface area contributed by atoms with Crippen LogP contribution in [0, 0.1) is 5.92 Å². The summed E-state index contributed by atoms with van der Waals surface area (Å²) in [6.07, 6.45) is 0.993. The van der Waals surface area contributed by atoms with Crippen molar-refractivity contribution in [3.63, 3.8) is 0 Å². The fraction of sp³-hybridized carbons (Fsp3) is 0.375. The van der Waals surface area contributed by atoms with Crippen molar-refractivity contribution in [3.8, 4) is 17.1 Å². The number of sulfonamides is 1. The molecule has 1 fully saturated rings. The van der Waals surface area contributed by atoms with Crippen molar-refractivity contribution in [2.24, 2.45) is 5.92 Å². The lowest BCUT2D eigenvalue weighted by Crippen LogP contribution is -2.43. The molecule has 0 bridgehead atoms. The summed E-state index contributed by atoms with van der Waals surface area (Å²) in [7, 11) is -3.59. The number of hydrogen-bond acceptors (Lipinski definition) is 7. The third-order valence-electron chi connectivity index (χ3n) is 5.74.